The zero-order valence-corrected chi connectivity index (χ0v) is 5.76. The summed E-state index contributed by atoms with van der Waals surface area (Å²) >= 11 is 0. The monoisotopic (exact) mass is 113 g/mol. The van der Waals surface area contributed by atoms with Crippen LogP contribution in [0.15, 0.2) is 0 Å². The van der Waals surface area contributed by atoms with Gasteiger partial charge >= 0.3 is 45.1 Å². The van der Waals surface area contributed by atoms with E-state index in [4.69, 9.17) is 0 Å². The standard InChI is InChI=1S/C6H10P/c1-3-5-6(4-2)7-5/h3-4H2,1-2H3/q+1. The van der Waals surface area contributed by atoms with Crippen LogP contribution in [0.25, 0.3) is 0 Å². The van der Waals surface area contributed by atoms with Crippen LogP contribution in [-0.4, -0.2) is 10.6 Å². The van der Waals surface area contributed by atoms with E-state index in [1.54, 1.807) is 18.4 Å². The van der Waals surface area contributed by atoms with E-state index < -0.39 is 0 Å². The summed E-state index contributed by atoms with van der Waals surface area (Å²) in [5.74, 6) is 0. The number of hydrogen-bond donors (Lipinski definition) is 0. The van der Waals surface area contributed by atoms with Crippen molar-refractivity contribution >= 4 is 18.4 Å². The van der Waals surface area contributed by atoms with Gasteiger partial charge in [0.15, 0.2) is 0 Å². The van der Waals surface area contributed by atoms with Gasteiger partial charge in [0.1, 0.15) is 0 Å². The fourth-order valence-corrected chi connectivity index (χ4v) is 1.60. The van der Waals surface area contributed by atoms with Crippen LogP contribution in [-0.2, 0) is 0 Å². The molecule has 0 N–H and O–H groups in total. The van der Waals surface area contributed by atoms with Gasteiger partial charge in [-0.15, -0.1) is 0 Å². The SMILES string of the molecule is CCC1=[P+]=C1CC. The molecular formula is C6H10P+. The molecule has 1 rings (SSSR count). The third kappa shape index (κ3) is 1.04. The van der Waals surface area contributed by atoms with Gasteiger partial charge in [0.2, 0.25) is 0 Å². The maximum absolute atomic E-state index is 2.23. The van der Waals surface area contributed by atoms with Crippen LogP contribution < -0.4 is 0 Å². The van der Waals surface area contributed by atoms with Crippen LogP contribution >= 0.6 is 7.83 Å². The van der Waals surface area contributed by atoms with E-state index in [9.17, 15) is 0 Å². The second-order valence-electron chi connectivity index (χ2n) is 1.71. The zero-order chi connectivity index (χ0) is 5.28. The first-order valence-electron chi connectivity index (χ1n) is 2.82. The number of hydrogen-bond acceptors (Lipinski definition) is 0. The molecule has 1 heteroatoms. The second-order valence-corrected chi connectivity index (χ2v) is 3.02. The fourth-order valence-electron chi connectivity index (χ4n) is 0.701. The average Bonchev–Trinajstić information content (AvgIpc) is 2.43. The fraction of sp³-hybridized carbons (Fsp3) is 0.667. The Morgan fingerprint density at radius 2 is 1.57 bits per heavy atom. The Balaban J connectivity index is 2.24. The van der Waals surface area contributed by atoms with Gasteiger partial charge in [-0.3, -0.25) is 0 Å². The second kappa shape index (κ2) is 1.96. The van der Waals surface area contributed by atoms with Crippen LogP contribution in [0.2, 0.25) is 0 Å². The summed E-state index contributed by atoms with van der Waals surface area (Å²) in [6.45, 7) is 4.45. The van der Waals surface area contributed by atoms with Crippen molar-refractivity contribution in [3.63, 3.8) is 0 Å². The first-order valence-corrected chi connectivity index (χ1v) is 3.71. The van der Waals surface area contributed by atoms with Crippen LogP contribution in [0.1, 0.15) is 26.7 Å². The van der Waals surface area contributed by atoms with Crippen molar-refractivity contribution in [3.8, 4) is 0 Å². The molecule has 0 aromatic rings. The molecule has 0 radical (unpaired) electrons. The molecule has 0 bridgehead atoms. The van der Waals surface area contributed by atoms with Crippen molar-refractivity contribution in [2.24, 2.45) is 0 Å². The molecule has 0 unspecified atom stereocenters. The van der Waals surface area contributed by atoms with Gasteiger partial charge in [-0.05, 0) is 0 Å². The average molecular weight is 113 g/mol. The molecule has 1 aliphatic heterocycles. The summed E-state index contributed by atoms with van der Waals surface area (Å²) in [4.78, 5) is 0. The normalized spacial score (nSPS) is 15.7. The van der Waals surface area contributed by atoms with Crippen molar-refractivity contribution in [1.29, 1.82) is 0 Å². The quantitative estimate of drug-likeness (QED) is 0.481. The Morgan fingerprint density at radius 1 is 1.14 bits per heavy atom. The van der Waals surface area contributed by atoms with Crippen molar-refractivity contribution in [3.05, 3.63) is 0 Å². The third-order valence-electron chi connectivity index (χ3n) is 1.22. The van der Waals surface area contributed by atoms with Gasteiger partial charge in [-0.2, -0.15) is 0 Å². The molecule has 0 saturated carbocycles. The summed E-state index contributed by atoms with van der Waals surface area (Å²) in [5.41, 5.74) is 0. The Morgan fingerprint density at radius 3 is 1.71 bits per heavy atom. The summed E-state index contributed by atoms with van der Waals surface area (Å²) in [7, 11) is 1.56. The topological polar surface area (TPSA) is 0 Å². The minimum atomic E-state index is 1.28. The molecule has 0 saturated heterocycles. The van der Waals surface area contributed by atoms with Crippen molar-refractivity contribution in [2.75, 3.05) is 0 Å². The first-order chi connectivity index (χ1) is 3.38. The van der Waals surface area contributed by atoms with Crippen molar-refractivity contribution in [2.45, 2.75) is 26.7 Å². The molecule has 0 aromatic heterocycles. The molecule has 1 heterocycles. The third-order valence-corrected chi connectivity index (χ3v) is 2.71. The summed E-state index contributed by atoms with van der Waals surface area (Å²) in [6, 6.07) is 0. The van der Waals surface area contributed by atoms with E-state index in [1.165, 1.54) is 12.8 Å². The van der Waals surface area contributed by atoms with Crippen LogP contribution in [0, 0.1) is 0 Å². The Bertz CT molecular complexity index is 124. The van der Waals surface area contributed by atoms with Gasteiger partial charge < -0.3 is 0 Å². The van der Waals surface area contributed by atoms with Gasteiger partial charge in [0.05, 0.1) is 0 Å². The van der Waals surface area contributed by atoms with Crippen molar-refractivity contribution < 1.29 is 0 Å². The zero-order valence-electron chi connectivity index (χ0n) is 4.86. The minimum absolute atomic E-state index is 1.28. The van der Waals surface area contributed by atoms with E-state index in [0.29, 0.717) is 0 Å². The molecule has 0 amide bonds. The van der Waals surface area contributed by atoms with E-state index >= 15 is 0 Å². The Kier molecular flexibility index (Phi) is 1.49. The molecule has 0 aliphatic carbocycles. The van der Waals surface area contributed by atoms with E-state index in [1.807, 2.05) is 0 Å². The molecule has 0 aromatic carbocycles. The summed E-state index contributed by atoms with van der Waals surface area (Å²) in [5, 5.41) is 3.37. The molecule has 1 aliphatic rings. The first kappa shape index (κ1) is 5.31. The van der Waals surface area contributed by atoms with Crippen molar-refractivity contribution in [1.82, 2.24) is 0 Å². The van der Waals surface area contributed by atoms with E-state index in [0.717, 1.165) is 0 Å². The molecule has 38 valence electrons. The van der Waals surface area contributed by atoms with Gasteiger partial charge in [0.25, 0.3) is 0 Å². The van der Waals surface area contributed by atoms with Gasteiger partial charge in [0, 0.05) is 0 Å². The molecule has 0 fully saturated rings. The van der Waals surface area contributed by atoms with E-state index in [2.05, 4.69) is 13.8 Å². The summed E-state index contributed by atoms with van der Waals surface area (Å²) < 4.78 is 0. The maximum atomic E-state index is 2.23. The van der Waals surface area contributed by atoms with Gasteiger partial charge in [-0.1, -0.05) is 0 Å². The van der Waals surface area contributed by atoms with E-state index in [-0.39, 0.29) is 0 Å². The van der Waals surface area contributed by atoms with Crippen LogP contribution in [0.3, 0.4) is 0 Å². The Hall–Kier alpha value is 0.170. The predicted octanol–water partition coefficient (Wildman–Crippen LogP) is 2.11. The molecule has 0 spiro atoms. The summed E-state index contributed by atoms with van der Waals surface area (Å²) in [6.07, 6.45) is 2.56. The Labute approximate surface area is 46.0 Å². The van der Waals surface area contributed by atoms with Crippen LogP contribution in [0.5, 0.6) is 0 Å². The molecule has 0 nitrogen and oxygen atoms in total. The van der Waals surface area contributed by atoms with Crippen LogP contribution in [0.4, 0.5) is 0 Å². The van der Waals surface area contributed by atoms with Gasteiger partial charge in [-0.25, -0.2) is 0 Å². The molecular weight excluding hydrogens is 103 g/mol. The molecule has 0 atom stereocenters. The predicted molar refractivity (Wildman–Crippen MR) is 37.5 cm³/mol. The number of rotatable bonds is 2. The molecule has 7 heavy (non-hydrogen) atoms.